The minimum Gasteiger partial charge on any atom is -0.495 e. The molecule has 352 valence electrons. The number of hydrogen-bond acceptors (Lipinski definition) is 14. The van der Waals surface area contributed by atoms with Gasteiger partial charge in [0.1, 0.15) is 22.9 Å². The quantitative estimate of drug-likeness (QED) is 0.106. The molecule has 0 spiro atoms. The average molecular weight is 907 g/mol. The Morgan fingerprint density at radius 3 is 1.35 bits per heavy atom. The molecule has 0 radical (unpaired) electrons. The Hall–Kier alpha value is -6.72. The average Bonchev–Trinajstić information content (AvgIpc) is 4.06. The zero-order chi connectivity index (χ0) is 47.5. The van der Waals surface area contributed by atoms with Crippen LogP contribution in [0.2, 0.25) is 0 Å². The summed E-state index contributed by atoms with van der Waals surface area (Å²) < 4.78 is 10.7. The Labute approximate surface area is 385 Å². The van der Waals surface area contributed by atoms with Gasteiger partial charge in [-0.2, -0.15) is 9.97 Å². The second kappa shape index (κ2) is 19.4. The Morgan fingerprint density at radius 1 is 0.667 bits per heavy atom. The summed E-state index contributed by atoms with van der Waals surface area (Å²) in [5, 5.41) is 24.8. The number of anilines is 8. The van der Waals surface area contributed by atoms with Crippen LogP contribution in [-0.4, -0.2) is 107 Å². The summed E-state index contributed by atoms with van der Waals surface area (Å²) in [6.07, 6.45) is 13.8. The lowest BCUT2D eigenvalue weighted by atomic mass is 9.85. The van der Waals surface area contributed by atoms with Crippen molar-refractivity contribution in [2.24, 2.45) is 10.8 Å². The number of benzene rings is 2. The van der Waals surface area contributed by atoms with Gasteiger partial charge in [0.2, 0.25) is 23.7 Å². The lowest BCUT2D eigenvalue weighted by Gasteiger charge is -2.35. The molecule has 2 saturated carbocycles. The highest BCUT2D eigenvalue weighted by atomic mass is 16.5. The van der Waals surface area contributed by atoms with Crippen LogP contribution in [0.3, 0.4) is 0 Å². The molecule has 2 fully saturated rings. The highest BCUT2D eigenvalue weighted by Crippen LogP contribution is 2.44. The fourth-order valence-corrected chi connectivity index (χ4v) is 9.47. The van der Waals surface area contributed by atoms with Crippen molar-refractivity contribution >= 4 is 70.0 Å². The molecule has 2 aliphatic heterocycles. The molecule has 18 nitrogen and oxygen atoms in total. The zero-order valence-corrected chi connectivity index (χ0v) is 39.2. The van der Waals surface area contributed by atoms with Gasteiger partial charge in [-0.15, -0.1) is 0 Å². The monoisotopic (exact) mass is 906 g/mol. The van der Waals surface area contributed by atoms with E-state index in [1.807, 2.05) is 13.8 Å². The summed E-state index contributed by atoms with van der Waals surface area (Å²) in [4.78, 5) is 75.8. The molecule has 4 aromatic rings. The van der Waals surface area contributed by atoms with E-state index < -0.39 is 22.8 Å². The van der Waals surface area contributed by atoms with Crippen LogP contribution in [0, 0.1) is 10.8 Å². The van der Waals surface area contributed by atoms with Crippen LogP contribution in [0.25, 0.3) is 0 Å². The van der Waals surface area contributed by atoms with E-state index in [2.05, 4.69) is 44.2 Å². The van der Waals surface area contributed by atoms with Crippen molar-refractivity contribution in [2.45, 2.75) is 104 Å². The van der Waals surface area contributed by atoms with E-state index in [1.165, 1.54) is 64.2 Å². The lowest BCUT2D eigenvalue weighted by molar-refractivity contribution is -0.127. The third-order valence-corrected chi connectivity index (χ3v) is 13.9. The van der Waals surface area contributed by atoms with Gasteiger partial charge >= 0.3 is 11.9 Å². The number of nitrogens with one attached hydrogen (secondary N) is 2. The number of carboxylic acid groups (broad SMARTS) is 2. The number of rotatable bonds is 12. The predicted molar refractivity (Wildman–Crippen MR) is 253 cm³/mol. The fraction of sp³-hybridized carbons (Fsp3) is 0.500. The molecule has 2 amide bonds. The van der Waals surface area contributed by atoms with Crippen molar-refractivity contribution in [1.29, 1.82) is 0 Å². The normalized spacial score (nSPS) is 21.0. The highest BCUT2D eigenvalue weighted by molar-refractivity contribution is 6.02. The van der Waals surface area contributed by atoms with Gasteiger partial charge in [0.05, 0.1) is 59.9 Å². The summed E-state index contributed by atoms with van der Waals surface area (Å²) >= 11 is 0. The van der Waals surface area contributed by atoms with E-state index in [1.54, 1.807) is 48.4 Å². The summed E-state index contributed by atoms with van der Waals surface area (Å²) in [6.45, 7) is 9.39. The summed E-state index contributed by atoms with van der Waals surface area (Å²) in [5.41, 5.74) is 1.75. The Bertz CT molecular complexity index is 2310. The minimum absolute atomic E-state index is 0.0713. The second-order valence-electron chi connectivity index (χ2n) is 18.2. The SMILES string of the molecule is CC[C@@]1(C)CN(C2CCCC2)c2nc(Nc3ccc(C(=O)O)cc3OC)ncc2N(C)C1=O.CC[C@]1(C)CN(C2CCCC2)c2nc(Nc3ccc(C(=O)O)cc3OC)ncc2N(C)C1=O. The van der Waals surface area contributed by atoms with Crippen LogP contribution in [0.1, 0.15) is 113 Å². The van der Waals surface area contributed by atoms with Crippen LogP contribution in [0.15, 0.2) is 48.8 Å². The molecule has 4 aliphatic rings. The molecule has 2 aliphatic carbocycles. The molecule has 2 aromatic carbocycles. The zero-order valence-electron chi connectivity index (χ0n) is 39.2. The first-order valence-corrected chi connectivity index (χ1v) is 22.7. The number of fused-ring (bicyclic) bond motifs is 2. The Morgan fingerprint density at radius 2 is 1.03 bits per heavy atom. The van der Waals surface area contributed by atoms with Crippen LogP contribution in [0.5, 0.6) is 11.5 Å². The van der Waals surface area contributed by atoms with Gasteiger partial charge in [0.25, 0.3) is 0 Å². The van der Waals surface area contributed by atoms with Crippen molar-refractivity contribution in [1.82, 2.24) is 19.9 Å². The van der Waals surface area contributed by atoms with E-state index in [-0.39, 0.29) is 22.9 Å². The summed E-state index contributed by atoms with van der Waals surface area (Å²) in [6, 6.07) is 9.85. The van der Waals surface area contributed by atoms with Crippen LogP contribution < -0.4 is 39.7 Å². The molecular formula is C48H62N10O8. The number of aromatic nitrogens is 4. The van der Waals surface area contributed by atoms with Crippen LogP contribution in [0.4, 0.5) is 46.3 Å². The van der Waals surface area contributed by atoms with Gasteiger partial charge < -0.3 is 49.9 Å². The van der Waals surface area contributed by atoms with E-state index >= 15 is 0 Å². The topological polar surface area (TPSA) is 216 Å². The molecule has 4 heterocycles. The Kier molecular flexibility index (Phi) is 13.9. The van der Waals surface area contributed by atoms with Gasteiger partial charge in [-0.05, 0) is 88.8 Å². The van der Waals surface area contributed by atoms with Gasteiger partial charge in [-0.25, -0.2) is 19.6 Å². The standard InChI is InChI=1S/2C24H31N5O4/c2*1-5-24(2)14-29(16-8-6-7-9-16)20-18(28(3)22(24)32)13-25-23(27-20)26-17-11-10-15(21(30)31)12-19(17)33-4/h2*10-13,16H,5-9,14H2,1-4H3,(H,30,31)(H,25,26,27)/t2*24-/m10/s1. The van der Waals surface area contributed by atoms with Crippen LogP contribution >= 0.6 is 0 Å². The third-order valence-electron chi connectivity index (χ3n) is 13.9. The maximum Gasteiger partial charge on any atom is 0.335 e. The number of carbonyl (C=O) groups excluding carboxylic acids is 2. The maximum atomic E-state index is 13.3. The van der Waals surface area contributed by atoms with Gasteiger partial charge in [-0.1, -0.05) is 39.5 Å². The Balaban J connectivity index is 0.000000196. The third kappa shape index (κ3) is 9.35. The maximum absolute atomic E-state index is 13.3. The van der Waals surface area contributed by atoms with Crippen molar-refractivity contribution < 1.29 is 38.9 Å². The van der Waals surface area contributed by atoms with E-state index in [0.717, 1.165) is 50.2 Å². The number of carboxylic acids is 2. The molecule has 2 atom stereocenters. The van der Waals surface area contributed by atoms with Crippen molar-refractivity contribution in [2.75, 3.05) is 71.6 Å². The number of nitrogens with zero attached hydrogens (tertiary/aromatic N) is 8. The van der Waals surface area contributed by atoms with Crippen molar-refractivity contribution in [3.05, 3.63) is 59.9 Å². The first-order valence-electron chi connectivity index (χ1n) is 22.7. The minimum atomic E-state index is -1.03. The molecule has 0 saturated heterocycles. The number of aromatic carboxylic acids is 2. The molecule has 18 heteroatoms. The van der Waals surface area contributed by atoms with Crippen molar-refractivity contribution in [3.63, 3.8) is 0 Å². The molecule has 0 unspecified atom stereocenters. The van der Waals surface area contributed by atoms with E-state index in [0.29, 0.717) is 71.3 Å². The molecule has 66 heavy (non-hydrogen) atoms. The van der Waals surface area contributed by atoms with Crippen molar-refractivity contribution in [3.8, 4) is 11.5 Å². The second-order valence-corrected chi connectivity index (χ2v) is 18.2. The number of carbonyl (C=O) groups is 4. The summed E-state index contributed by atoms with van der Waals surface area (Å²) in [5.74, 6) is 1.06. The van der Waals surface area contributed by atoms with E-state index in [4.69, 9.17) is 19.4 Å². The molecule has 8 rings (SSSR count). The lowest BCUT2D eigenvalue weighted by Crippen LogP contribution is -2.46. The first kappa shape index (κ1) is 47.2. The predicted octanol–water partition coefficient (Wildman–Crippen LogP) is 8.14. The number of amides is 2. The molecule has 2 aromatic heterocycles. The smallest absolute Gasteiger partial charge is 0.335 e. The molecule has 0 bridgehead atoms. The van der Waals surface area contributed by atoms with Gasteiger partial charge in [-0.3, -0.25) is 9.59 Å². The van der Waals surface area contributed by atoms with Crippen LogP contribution in [-0.2, 0) is 9.59 Å². The highest BCUT2D eigenvalue weighted by Gasteiger charge is 2.45. The first-order chi connectivity index (χ1) is 31.5. The van der Waals surface area contributed by atoms with Gasteiger partial charge in [0, 0.05) is 39.3 Å². The largest absolute Gasteiger partial charge is 0.495 e. The van der Waals surface area contributed by atoms with E-state index in [9.17, 15) is 29.4 Å². The number of methoxy groups -OCH3 is 2. The summed E-state index contributed by atoms with van der Waals surface area (Å²) in [7, 11) is 6.55. The fourth-order valence-electron chi connectivity index (χ4n) is 9.47. The number of ether oxygens (including phenoxy) is 2. The number of hydrogen-bond donors (Lipinski definition) is 4. The van der Waals surface area contributed by atoms with Gasteiger partial charge in [0.15, 0.2) is 11.6 Å². The molecular weight excluding hydrogens is 845 g/mol. The molecule has 4 N–H and O–H groups in total.